The van der Waals surface area contributed by atoms with Crippen LogP contribution >= 0.6 is 15.9 Å². The molecule has 1 aliphatic carbocycles. The summed E-state index contributed by atoms with van der Waals surface area (Å²) in [5, 5.41) is 3.41. The first-order valence-corrected chi connectivity index (χ1v) is 8.95. The normalized spacial score (nSPS) is 23.1. The van der Waals surface area contributed by atoms with E-state index in [1.54, 1.807) is 12.1 Å². The van der Waals surface area contributed by atoms with Crippen molar-refractivity contribution in [2.24, 2.45) is 5.92 Å². The fourth-order valence-corrected chi connectivity index (χ4v) is 4.50. The third-order valence-corrected chi connectivity index (χ3v) is 5.63. The van der Waals surface area contributed by atoms with E-state index in [-0.39, 0.29) is 11.9 Å². The van der Waals surface area contributed by atoms with Crippen molar-refractivity contribution < 1.29 is 4.39 Å². The third-order valence-electron chi connectivity index (χ3n) is 4.94. The van der Waals surface area contributed by atoms with E-state index in [2.05, 4.69) is 26.1 Å². The Labute approximate surface area is 135 Å². The second-order valence-electron chi connectivity index (χ2n) is 6.26. The SMILES string of the molecule is Fc1cccc(Br)c1[C@@H](C1CCCCC1)N1CCNCC1. The fourth-order valence-electron chi connectivity index (χ4n) is 3.92. The van der Waals surface area contributed by atoms with Gasteiger partial charge >= 0.3 is 0 Å². The molecule has 0 radical (unpaired) electrons. The van der Waals surface area contributed by atoms with Crippen molar-refractivity contribution in [3.05, 3.63) is 34.1 Å². The Kier molecular flexibility index (Phi) is 5.30. The van der Waals surface area contributed by atoms with Crippen molar-refractivity contribution in [3.8, 4) is 0 Å². The van der Waals surface area contributed by atoms with Crippen LogP contribution in [0.25, 0.3) is 0 Å². The van der Waals surface area contributed by atoms with Gasteiger partial charge in [-0.3, -0.25) is 4.90 Å². The molecule has 2 fully saturated rings. The summed E-state index contributed by atoms with van der Waals surface area (Å²) < 4.78 is 15.5. The van der Waals surface area contributed by atoms with Gasteiger partial charge in [-0.25, -0.2) is 4.39 Å². The van der Waals surface area contributed by atoms with Crippen LogP contribution in [-0.2, 0) is 0 Å². The smallest absolute Gasteiger partial charge is 0.129 e. The maximum Gasteiger partial charge on any atom is 0.129 e. The van der Waals surface area contributed by atoms with Crippen LogP contribution in [0, 0.1) is 11.7 Å². The summed E-state index contributed by atoms with van der Waals surface area (Å²) in [7, 11) is 0. The molecule has 2 aliphatic rings. The Morgan fingerprint density at radius 2 is 1.86 bits per heavy atom. The molecule has 4 heteroatoms. The molecule has 0 aromatic heterocycles. The van der Waals surface area contributed by atoms with E-state index in [1.807, 2.05) is 6.07 Å². The van der Waals surface area contributed by atoms with Gasteiger partial charge in [-0.15, -0.1) is 0 Å². The minimum atomic E-state index is -0.0570. The molecule has 1 aliphatic heterocycles. The number of halogens is 2. The van der Waals surface area contributed by atoms with Crippen molar-refractivity contribution in [1.29, 1.82) is 0 Å². The van der Waals surface area contributed by atoms with Gasteiger partial charge in [0, 0.05) is 42.3 Å². The molecular weight excluding hydrogens is 331 g/mol. The lowest BCUT2D eigenvalue weighted by molar-refractivity contribution is 0.100. The van der Waals surface area contributed by atoms with Crippen molar-refractivity contribution in [3.63, 3.8) is 0 Å². The summed E-state index contributed by atoms with van der Waals surface area (Å²) in [6.45, 7) is 4.05. The van der Waals surface area contributed by atoms with Crippen LogP contribution in [0.5, 0.6) is 0 Å². The highest BCUT2D eigenvalue weighted by molar-refractivity contribution is 9.10. The molecule has 1 aromatic carbocycles. The van der Waals surface area contributed by atoms with Crippen LogP contribution in [0.4, 0.5) is 4.39 Å². The molecule has 1 saturated heterocycles. The van der Waals surface area contributed by atoms with Crippen LogP contribution in [0.15, 0.2) is 22.7 Å². The number of nitrogens with one attached hydrogen (secondary N) is 1. The number of benzene rings is 1. The molecule has 116 valence electrons. The number of rotatable bonds is 3. The summed E-state index contributed by atoms with van der Waals surface area (Å²) in [6, 6.07) is 5.61. The zero-order valence-corrected chi connectivity index (χ0v) is 14.0. The van der Waals surface area contributed by atoms with E-state index < -0.39 is 0 Å². The Morgan fingerprint density at radius 1 is 1.14 bits per heavy atom. The maximum absolute atomic E-state index is 14.5. The monoisotopic (exact) mass is 354 g/mol. The number of piperazine rings is 1. The first kappa shape index (κ1) is 15.4. The van der Waals surface area contributed by atoms with Crippen molar-refractivity contribution in [2.75, 3.05) is 26.2 Å². The van der Waals surface area contributed by atoms with Crippen LogP contribution < -0.4 is 5.32 Å². The van der Waals surface area contributed by atoms with E-state index >= 15 is 0 Å². The largest absolute Gasteiger partial charge is 0.314 e. The Balaban J connectivity index is 1.94. The Bertz CT molecular complexity index is 430. The quantitative estimate of drug-likeness (QED) is 0.878. The average Bonchev–Trinajstić information content (AvgIpc) is 2.53. The molecule has 0 spiro atoms. The third kappa shape index (κ3) is 3.49. The number of hydrogen-bond acceptors (Lipinski definition) is 2. The minimum absolute atomic E-state index is 0.0570. The standard InChI is InChI=1S/C17H24BrFN2/c18-14-7-4-8-15(19)16(14)17(13-5-2-1-3-6-13)21-11-9-20-10-12-21/h4,7-8,13,17,20H,1-3,5-6,9-12H2/t17-/m1/s1. The lowest BCUT2D eigenvalue weighted by Crippen LogP contribution is -2.47. The molecule has 0 unspecified atom stereocenters. The molecular formula is C17H24BrFN2. The lowest BCUT2D eigenvalue weighted by atomic mass is 9.80. The van der Waals surface area contributed by atoms with Gasteiger partial charge in [0.15, 0.2) is 0 Å². The minimum Gasteiger partial charge on any atom is -0.314 e. The first-order valence-electron chi connectivity index (χ1n) is 8.16. The van der Waals surface area contributed by atoms with Gasteiger partial charge in [0.05, 0.1) is 0 Å². The zero-order chi connectivity index (χ0) is 14.7. The van der Waals surface area contributed by atoms with Crippen molar-refractivity contribution in [1.82, 2.24) is 10.2 Å². The van der Waals surface area contributed by atoms with Gasteiger partial charge in [-0.2, -0.15) is 0 Å². The van der Waals surface area contributed by atoms with Gasteiger partial charge in [-0.05, 0) is 30.9 Å². The Hall–Kier alpha value is -0.450. The molecule has 1 atom stereocenters. The van der Waals surface area contributed by atoms with Gasteiger partial charge in [0.1, 0.15) is 5.82 Å². The van der Waals surface area contributed by atoms with Crippen LogP contribution in [0.3, 0.4) is 0 Å². The van der Waals surface area contributed by atoms with Gasteiger partial charge in [0.25, 0.3) is 0 Å². The predicted octanol–water partition coefficient (Wildman–Crippen LogP) is 4.11. The van der Waals surface area contributed by atoms with E-state index in [9.17, 15) is 4.39 Å². The molecule has 21 heavy (non-hydrogen) atoms. The van der Waals surface area contributed by atoms with E-state index in [0.717, 1.165) is 36.2 Å². The van der Waals surface area contributed by atoms with E-state index in [1.165, 1.54) is 32.1 Å². The average molecular weight is 355 g/mol. The highest BCUT2D eigenvalue weighted by Crippen LogP contribution is 2.41. The van der Waals surface area contributed by atoms with Crippen LogP contribution in [0.2, 0.25) is 0 Å². The highest BCUT2D eigenvalue weighted by atomic mass is 79.9. The number of nitrogens with zero attached hydrogens (tertiary/aromatic N) is 1. The summed E-state index contributed by atoms with van der Waals surface area (Å²) in [6.07, 6.45) is 6.38. The summed E-state index contributed by atoms with van der Waals surface area (Å²) in [5.41, 5.74) is 0.881. The van der Waals surface area contributed by atoms with Crippen LogP contribution in [0.1, 0.15) is 43.7 Å². The molecule has 3 rings (SSSR count). The first-order chi connectivity index (χ1) is 10.3. The zero-order valence-electron chi connectivity index (χ0n) is 12.5. The summed E-state index contributed by atoms with van der Waals surface area (Å²) in [4.78, 5) is 2.50. The second kappa shape index (κ2) is 7.21. The van der Waals surface area contributed by atoms with E-state index in [0.29, 0.717) is 5.92 Å². The molecule has 1 saturated carbocycles. The second-order valence-corrected chi connectivity index (χ2v) is 7.12. The van der Waals surface area contributed by atoms with Crippen molar-refractivity contribution >= 4 is 15.9 Å². The van der Waals surface area contributed by atoms with Crippen molar-refractivity contribution in [2.45, 2.75) is 38.1 Å². The molecule has 0 amide bonds. The molecule has 1 aromatic rings. The fraction of sp³-hybridized carbons (Fsp3) is 0.647. The highest BCUT2D eigenvalue weighted by Gasteiger charge is 2.33. The maximum atomic E-state index is 14.5. The molecule has 0 bridgehead atoms. The summed E-state index contributed by atoms with van der Waals surface area (Å²) >= 11 is 3.60. The topological polar surface area (TPSA) is 15.3 Å². The molecule has 1 N–H and O–H groups in total. The van der Waals surface area contributed by atoms with E-state index in [4.69, 9.17) is 0 Å². The predicted molar refractivity (Wildman–Crippen MR) is 87.9 cm³/mol. The lowest BCUT2D eigenvalue weighted by Gasteiger charge is -2.41. The molecule has 1 heterocycles. The van der Waals surface area contributed by atoms with Gasteiger partial charge < -0.3 is 5.32 Å². The van der Waals surface area contributed by atoms with Gasteiger partial charge in [-0.1, -0.05) is 41.3 Å². The molecule has 2 nitrogen and oxygen atoms in total. The summed E-state index contributed by atoms with van der Waals surface area (Å²) in [5.74, 6) is 0.531. The Morgan fingerprint density at radius 3 is 2.52 bits per heavy atom. The number of hydrogen-bond donors (Lipinski definition) is 1. The van der Waals surface area contributed by atoms with Crippen LogP contribution in [-0.4, -0.2) is 31.1 Å². The van der Waals surface area contributed by atoms with Gasteiger partial charge in [0.2, 0.25) is 0 Å².